The van der Waals surface area contributed by atoms with Crippen LogP contribution in [0, 0.1) is 0 Å². The number of aromatic nitrogens is 1. The maximum absolute atomic E-state index is 12.1. The zero-order valence-corrected chi connectivity index (χ0v) is 17.8. The molecule has 3 aromatic rings. The van der Waals surface area contributed by atoms with E-state index in [-0.39, 0.29) is 5.91 Å². The standard InChI is InChI=1S/C25H33N3O2/c1-2-6-19-8-10-21(11-9-19)28-25(30)7-4-3-5-15-26-16-14-20-18-27-24-13-12-22(29)17-23(20)24/h8-13,17-18,26-27,29H,2-7,14-16H2,1H3,(H,28,30). The van der Waals surface area contributed by atoms with Crippen LogP contribution in [0.2, 0.25) is 0 Å². The predicted molar refractivity (Wildman–Crippen MR) is 124 cm³/mol. The van der Waals surface area contributed by atoms with Gasteiger partial charge in [0, 0.05) is 29.2 Å². The fraction of sp³-hybridized carbons (Fsp3) is 0.400. The Kier molecular flexibility index (Phi) is 8.33. The van der Waals surface area contributed by atoms with E-state index in [4.69, 9.17) is 0 Å². The van der Waals surface area contributed by atoms with Crippen LogP contribution in [0.5, 0.6) is 5.75 Å². The van der Waals surface area contributed by atoms with Crippen LogP contribution in [0.3, 0.4) is 0 Å². The van der Waals surface area contributed by atoms with E-state index in [1.54, 1.807) is 6.07 Å². The second-order valence-electron chi connectivity index (χ2n) is 7.85. The minimum Gasteiger partial charge on any atom is -0.508 e. The topological polar surface area (TPSA) is 77.2 Å². The van der Waals surface area contributed by atoms with Crippen molar-refractivity contribution in [2.75, 3.05) is 18.4 Å². The lowest BCUT2D eigenvalue weighted by atomic mass is 10.1. The summed E-state index contributed by atoms with van der Waals surface area (Å²) in [7, 11) is 0. The molecule has 0 fully saturated rings. The molecular formula is C25H33N3O2. The first-order valence-electron chi connectivity index (χ1n) is 11.0. The van der Waals surface area contributed by atoms with Crippen LogP contribution in [0.15, 0.2) is 48.7 Å². The van der Waals surface area contributed by atoms with Gasteiger partial charge in [-0.15, -0.1) is 0 Å². The average Bonchev–Trinajstić information content (AvgIpc) is 3.13. The molecule has 0 saturated heterocycles. The lowest BCUT2D eigenvalue weighted by Crippen LogP contribution is -2.18. The lowest BCUT2D eigenvalue weighted by molar-refractivity contribution is -0.116. The fourth-order valence-electron chi connectivity index (χ4n) is 3.70. The van der Waals surface area contributed by atoms with Crippen molar-refractivity contribution >= 4 is 22.5 Å². The van der Waals surface area contributed by atoms with Gasteiger partial charge in [0.05, 0.1) is 0 Å². The number of fused-ring (bicyclic) bond motifs is 1. The predicted octanol–water partition coefficient (Wildman–Crippen LogP) is 5.16. The number of benzene rings is 2. The van der Waals surface area contributed by atoms with Gasteiger partial charge in [-0.2, -0.15) is 0 Å². The van der Waals surface area contributed by atoms with Crippen molar-refractivity contribution in [2.45, 2.75) is 51.9 Å². The first kappa shape index (κ1) is 21.9. The molecule has 160 valence electrons. The van der Waals surface area contributed by atoms with Crippen LogP contribution in [0.4, 0.5) is 5.69 Å². The molecule has 0 aliphatic rings. The Balaban J connectivity index is 1.25. The molecule has 1 heterocycles. The van der Waals surface area contributed by atoms with Crippen molar-refractivity contribution in [3.8, 4) is 5.75 Å². The van der Waals surface area contributed by atoms with Crippen molar-refractivity contribution in [1.82, 2.24) is 10.3 Å². The third-order valence-electron chi connectivity index (χ3n) is 5.36. The monoisotopic (exact) mass is 407 g/mol. The number of aromatic hydroxyl groups is 1. The highest BCUT2D eigenvalue weighted by molar-refractivity contribution is 5.90. The molecule has 5 heteroatoms. The van der Waals surface area contributed by atoms with Gasteiger partial charge in [0.25, 0.3) is 0 Å². The molecule has 30 heavy (non-hydrogen) atoms. The van der Waals surface area contributed by atoms with Gasteiger partial charge in [0.1, 0.15) is 5.75 Å². The molecule has 5 nitrogen and oxygen atoms in total. The molecule has 3 rings (SSSR count). The summed E-state index contributed by atoms with van der Waals surface area (Å²) in [6, 6.07) is 13.6. The Morgan fingerprint density at radius 1 is 1.00 bits per heavy atom. The van der Waals surface area contributed by atoms with E-state index in [1.165, 1.54) is 11.1 Å². The van der Waals surface area contributed by atoms with E-state index in [0.717, 1.165) is 68.2 Å². The summed E-state index contributed by atoms with van der Waals surface area (Å²) < 4.78 is 0. The Bertz CT molecular complexity index is 931. The number of amides is 1. The molecule has 1 aromatic heterocycles. The van der Waals surface area contributed by atoms with Crippen molar-refractivity contribution in [3.05, 3.63) is 59.8 Å². The Morgan fingerprint density at radius 2 is 1.83 bits per heavy atom. The summed E-state index contributed by atoms with van der Waals surface area (Å²) in [5.41, 5.74) is 4.46. The third kappa shape index (κ3) is 6.63. The highest BCUT2D eigenvalue weighted by atomic mass is 16.3. The Labute approximate surface area is 178 Å². The molecule has 0 aliphatic heterocycles. The van der Waals surface area contributed by atoms with Crippen LogP contribution < -0.4 is 10.6 Å². The van der Waals surface area contributed by atoms with Gasteiger partial charge >= 0.3 is 0 Å². The second kappa shape index (κ2) is 11.4. The van der Waals surface area contributed by atoms with E-state index in [1.807, 2.05) is 30.5 Å². The number of phenolic OH excluding ortho intramolecular Hbond substituents is 1. The molecular weight excluding hydrogens is 374 g/mol. The molecule has 0 aliphatic carbocycles. The second-order valence-corrected chi connectivity index (χ2v) is 7.85. The van der Waals surface area contributed by atoms with Crippen LogP contribution in [-0.2, 0) is 17.6 Å². The number of aryl methyl sites for hydroxylation is 1. The first-order chi connectivity index (χ1) is 14.7. The van der Waals surface area contributed by atoms with Gasteiger partial charge in [-0.05, 0) is 80.2 Å². The van der Waals surface area contributed by atoms with E-state index in [0.29, 0.717) is 12.2 Å². The summed E-state index contributed by atoms with van der Waals surface area (Å²) in [6.45, 7) is 4.02. The maximum atomic E-state index is 12.1. The molecule has 0 unspecified atom stereocenters. The molecule has 0 spiro atoms. The normalized spacial score (nSPS) is 11.1. The minimum atomic E-state index is 0.0915. The zero-order chi connectivity index (χ0) is 21.2. The minimum absolute atomic E-state index is 0.0915. The molecule has 0 bridgehead atoms. The highest BCUT2D eigenvalue weighted by Crippen LogP contribution is 2.23. The number of anilines is 1. The number of aromatic amines is 1. The molecule has 0 atom stereocenters. The number of rotatable bonds is 12. The van der Waals surface area contributed by atoms with E-state index in [9.17, 15) is 9.90 Å². The SMILES string of the molecule is CCCc1ccc(NC(=O)CCCCCNCCc2c[nH]c3ccc(O)cc23)cc1. The molecule has 0 saturated carbocycles. The van der Waals surface area contributed by atoms with Crippen molar-refractivity contribution < 1.29 is 9.90 Å². The largest absolute Gasteiger partial charge is 0.508 e. The van der Waals surface area contributed by atoms with Gasteiger partial charge in [-0.1, -0.05) is 31.9 Å². The van der Waals surface area contributed by atoms with Crippen molar-refractivity contribution in [2.24, 2.45) is 0 Å². The quantitative estimate of drug-likeness (QED) is 0.313. The first-order valence-corrected chi connectivity index (χ1v) is 11.0. The van der Waals surface area contributed by atoms with Gasteiger partial charge < -0.3 is 20.7 Å². The number of unbranched alkanes of at least 4 members (excludes halogenated alkanes) is 2. The molecule has 0 radical (unpaired) electrons. The maximum Gasteiger partial charge on any atom is 0.224 e. The molecule has 2 aromatic carbocycles. The fourth-order valence-corrected chi connectivity index (χ4v) is 3.70. The Hall–Kier alpha value is -2.79. The number of hydrogen-bond donors (Lipinski definition) is 4. The lowest BCUT2D eigenvalue weighted by Gasteiger charge is -2.07. The number of carbonyl (C=O) groups is 1. The van der Waals surface area contributed by atoms with Gasteiger partial charge in [0.2, 0.25) is 5.91 Å². The van der Waals surface area contributed by atoms with Crippen LogP contribution in [-0.4, -0.2) is 29.1 Å². The number of nitrogens with one attached hydrogen (secondary N) is 3. The van der Waals surface area contributed by atoms with Crippen molar-refractivity contribution in [1.29, 1.82) is 0 Å². The molecule has 1 amide bonds. The number of phenols is 1. The summed E-state index contributed by atoms with van der Waals surface area (Å²) in [4.78, 5) is 15.3. The van der Waals surface area contributed by atoms with E-state index >= 15 is 0 Å². The van der Waals surface area contributed by atoms with Gasteiger partial charge in [0.15, 0.2) is 0 Å². The summed E-state index contributed by atoms with van der Waals surface area (Å²) in [6.07, 6.45) is 8.72. The zero-order valence-electron chi connectivity index (χ0n) is 17.8. The van der Waals surface area contributed by atoms with Gasteiger partial charge in [-0.25, -0.2) is 0 Å². The highest BCUT2D eigenvalue weighted by Gasteiger charge is 2.05. The van der Waals surface area contributed by atoms with Crippen LogP contribution in [0.25, 0.3) is 10.9 Å². The number of hydrogen-bond acceptors (Lipinski definition) is 3. The van der Waals surface area contributed by atoms with Gasteiger partial charge in [-0.3, -0.25) is 4.79 Å². The average molecular weight is 408 g/mol. The number of carbonyl (C=O) groups excluding carboxylic acids is 1. The van der Waals surface area contributed by atoms with E-state index < -0.39 is 0 Å². The Morgan fingerprint density at radius 3 is 2.63 bits per heavy atom. The van der Waals surface area contributed by atoms with Crippen LogP contribution in [0.1, 0.15) is 50.2 Å². The summed E-state index contributed by atoms with van der Waals surface area (Å²) >= 11 is 0. The third-order valence-corrected chi connectivity index (χ3v) is 5.36. The smallest absolute Gasteiger partial charge is 0.224 e. The summed E-state index contributed by atoms with van der Waals surface area (Å²) in [5.74, 6) is 0.391. The van der Waals surface area contributed by atoms with Crippen LogP contribution >= 0.6 is 0 Å². The molecule has 4 N–H and O–H groups in total. The van der Waals surface area contributed by atoms with E-state index in [2.05, 4.69) is 34.7 Å². The summed E-state index contributed by atoms with van der Waals surface area (Å²) in [5, 5.41) is 17.2. The van der Waals surface area contributed by atoms with Crippen molar-refractivity contribution in [3.63, 3.8) is 0 Å². The number of H-pyrrole nitrogens is 1.